The largest absolute Gasteiger partial charge is 0.207 e. The lowest BCUT2D eigenvalue weighted by Gasteiger charge is -2.48. The van der Waals surface area contributed by atoms with Crippen molar-refractivity contribution in [1.29, 1.82) is 0 Å². The Morgan fingerprint density at radius 1 is 0.778 bits per heavy atom. The molecule has 0 aliphatic heterocycles. The van der Waals surface area contributed by atoms with Crippen molar-refractivity contribution in [2.45, 2.75) is 31.0 Å². The summed E-state index contributed by atoms with van der Waals surface area (Å²) in [5.41, 5.74) is 9.52. The van der Waals surface area contributed by atoms with Crippen LogP contribution in [-0.4, -0.2) is 8.07 Å². The summed E-state index contributed by atoms with van der Waals surface area (Å²) in [6, 6.07) is 22.5. The number of hydrogen-bond acceptors (Lipinski definition) is 0. The van der Waals surface area contributed by atoms with Crippen molar-refractivity contribution in [1.82, 2.24) is 0 Å². The highest BCUT2D eigenvalue weighted by Gasteiger charge is 2.52. The summed E-state index contributed by atoms with van der Waals surface area (Å²) >= 11 is 0. The van der Waals surface area contributed by atoms with Crippen LogP contribution in [0, 0.1) is 17.3 Å². The van der Waals surface area contributed by atoms with Gasteiger partial charge in [0.2, 0.25) is 0 Å². The van der Waals surface area contributed by atoms with E-state index in [1.165, 1.54) is 11.1 Å². The SMILES string of the molecule is C[Si](C)(C)C#CC12c3ccccc3C(c3ccccc31)c1cccc(F)c12. The lowest BCUT2D eigenvalue weighted by Crippen LogP contribution is -2.42. The molecule has 2 bridgehead atoms. The van der Waals surface area contributed by atoms with Crippen LogP contribution < -0.4 is 0 Å². The third-order valence-electron chi connectivity index (χ3n) is 5.71. The Morgan fingerprint density at radius 3 is 1.93 bits per heavy atom. The van der Waals surface area contributed by atoms with Gasteiger partial charge in [0.25, 0.3) is 0 Å². The van der Waals surface area contributed by atoms with E-state index in [1.807, 2.05) is 6.07 Å². The van der Waals surface area contributed by atoms with E-state index in [0.29, 0.717) is 0 Å². The van der Waals surface area contributed by atoms with E-state index in [9.17, 15) is 0 Å². The first-order chi connectivity index (χ1) is 12.9. The van der Waals surface area contributed by atoms with E-state index in [2.05, 4.69) is 85.7 Å². The Labute approximate surface area is 161 Å². The van der Waals surface area contributed by atoms with Crippen LogP contribution in [0.5, 0.6) is 0 Å². The van der Waals surface area contributed by atoms with Gasteiger partial charge in [0, 0.05) is 11.5 Å². The van der Waals surface area contributed by atoms with E-state index in [-0.39, 0.29) is 11.7 Å². The Kier molecular flexibility index (Phi) is 3.33. The maximum Gasteiger partial charge on any atom is 0.129 e. The van der Waals surface area contributed by atoms with Crippen molar-refractivity contribution in [3.05, 3.63) is 106 Å². The highest BCUT2D eigenvalue weighted by atomic mass is 28.3. The maximum atomic E-state index is 15.3. The summed E-state index contributed by atoms with van der Waals surface area (Å²) in [4.78, 5) is 0. The minimum absolute atomic E-state index is 0.0821. The van der Waals surface area contributed by atoms with Crippen LogP contribution >= 0.6 is 0 Å². The Bertz CT molecular complexity index is 1090. The predicted molar refractivity (Wildman–Crippen MR) is 111 cm³/mol. The maximum absolute atomic E-state index is 15.3. The second-order valence-electron chi connectivity index (χ2n) is 8.56. The molecule has 0 saturated carbocycles. The van der Waals surface area contributed by atoms with Crippen molar-refractivity contribution >= 4 is 8.07 Å². The van der Waals surface area contributed by atoms with Crippen molar-refractivity contribution in [2.24, 2.45) is 0 Å². The van der Waals surface area contributed by atoms with Gasteiger partial charge in [-0.3, -0.25) is 0 Å². The average molecular weight is 369 g/mol. The second kappa shape index (κ2) is 5.44. The molecule has 0 unspecified atom stereocenters. The third kappa shape index (κ3) is 2.15. The molecule has 27 heavy (non-hydrogen) atoms. The summed E-state index contributed by atoms with van der Waals surface area (Å²) in [7, 11) is -1.65. The summed E-state index contributed by atoms with van der Waals surface area (Å²) < 4.78 is 15.3. The van der Waals surface area contributed by atoms with Crippen molar-refractivity contribution in [3.63, 3.8) is 0 Å². The molecule has 0 fully saturated rings. The van der Waals surface area contributed by atoms with Crippen LogP contribution in [0.15, 0.2) is 66.7 Å². The van der Waals surface area contributed by atoms with E-state index < -0.39 is 13.5 Å². The Balaban J connectivity index is 2.00. The Hall–Kier alpha value is -2.63. The normalized spacial score (nSPS) is 21.6. The monoisotopic (exact) mass is 368 g/mol. The van der Waals surface area contributed by atoms with E-state index >= 15 is 4.39 Å². The molecule has 3 aliphatic carbocycles. The lowest BCUT2D eigenvalue weighted by atomic mass is 9.53. The van der Waals surface area contributed by atoms with Gasteiger partial charge in [-0.05, 0) is 33.9 Å². The lowest BCUT2D eigenvalue weighted by molar-refractivity contribution is 0.559. The Morgan fingerprint density at radius 2 is 1.33 bits per heavy atom. The second-order valence-corrected chi connectivity index (χ2v) is 13.3. The fourth-order valence-electron chi connectivity index (χ4n) is 4.75. The molecule has 0 radical (unpaired) electrons. The van der Waals surface area contributed by atoms with E-state index in [0.717, 1.165) is 22.3 Å². The van der Waals surface area contributed by atoms with Gasteiger partial charge < -0.3 is 0 Å². The molecule has 0 saturated heterocycles. The summed E-state index contributed by atoms with van der Waals surface area (Å²) in [5.74, 6) is 3.58. The number of hydrogen-bond donors (Lipinski definition) is 0. The fourth-order valence-corrected chi connectivity index (χ4v) is 5.32. The van der Waals surface area contributed by atoms with Gasteiger partial charge in [0.1, 0.15) is 19.3 Å². The zero-order valence-corrected chi connectivity index (χ0v) is 16.8. The molecule has 0 heterocycles. The average Bonchev–Trinajstić information content (AvgIpc) is 2.66. The number of rotatable bonds is 0. The fraction of sp³-hybridized carbons (Fsp3) is 0.200. The van der Waals surface area contributed by atoms with E-state index in [1.54, 1.807) is 6.07 Å². The minimum Gasteiger partial charge on any atom is -0.207 e. The van der Waals surface area contributed by atoms with Gasteiger partial charge in [0.05, 0.1) is 0 Å². The van der Waals surface area contributed by atoms with Crippen LogP contribution in [0.3, 0.4) is 0 Å². The molecule has 0 nitrogen and oxygen atoms in total. The highest BCUT2D eigenvalue weighted by Crippen LogP contribution is 2.59. The smallest absolute Gasteiger partial charge is 0.129 e. The topological polar surface area (TPSA) is 0 Å². The molecular weight excluding hydrogens is 347 g/mol. The van der Waals surface area contributed by atoms with Crippen LogP contribution in [0.25, 0.3) is 0 Å². The first-order valence-electron chi connectivity index (χ1n) is 9.45. The third-order valence-corrected chi connectivity index (χ3v) is 6.58. The van der Waals surface area contributed by atoms with Crippen LogP contribution in [0.2, 0.25) is 19.6 Å². The standard InChI is InChI=1S/C25H21FSi/c1-27(2,3)16-15-25-20-12-6-4-9-17(20)23(18-10-5-7-13-21(18)25)19-11-8-14-22(26)24(19)25/h4-14,23H,1-3H3. The van der Waals surface area contributed by atoms with Crippen molar-refractivity contribution < 1.29 is 4.39 Å². The van der Waals surface area contributed by atoms with Gasteiger partial charge >= 0.3 is 0 Å². The summed E-state index contributed by atoms with van der Waals surface area (Å²) in [5, 5.41) is 0. The minimum atomic E-state index is -1.65. The van der Waals surface area contributed by atoms with Crippen molar-refractivity contribution in [2.75, 3.05) is 0 Å². The molecule has 6 rings (SSSR count). The zero-order valence-electron chi connectivity index (χ0n) is 15.8. The van der Waals surface area contributed by atoms with Gasteiger partial charge in [-0.25, -0.2) is 4.39 Å². The molecule has 3 aromatic rings. The van der Waals surface area contributed by atoms with Crippen LogP contribution in [-0.2, 0) is 5.41 Å². The van der Waals surface area contributed by atoms with Gasteiger partial charge in [-0.2, -0.15) is 0 Å². The van der Waals surface area contributed by atoms with Crippen molar-refractivity contribution in [3.8, 4) is 11.5 Å². The first-order valence-corrected chi connectivity index (χ1v) is 13.0. The number of benzene rings is 3. The predicted octanol–water partition coefficient (Wildman–Crippen LogP) is 5.85. The molecule has 3 aliphatic rings. The zero-order chi connectivity index (χ0) is 18.8. The van der Waals surface area contributed by atoms with Gasteiger partial charge in [-0.1, -0.05) is 86.2 Å². The molecular formula is C25H21FSi. The van der Waals surface area contributed by atoms with E-state index in [4.69, 9.17) is 0 Å². The molecule has 3 aromatic carbocycles. The molecule has 0 aromatic heterocycles. The van der Waals surface area contributed by atoms with Gasteiger partial charge in [-0.15, -0.1) is 5.54 Å². The molecule has 132 valence electrons. The quantitative estimate of drug-likeness (QED) is 0.345. The molecule has 0 atom stereocenters. The molecule has 0 N–H and O–H groups in total. The number of halogens is 1. The molecule has 0 spiro atoms. The molecule has 2 heteroatoms. The van der Waals surface area contributed by atoms with Crippen LogP contribution in [0.4, 0.5) is 4.39 Å². The highest BCUT2D eigenvalue weighted by molar-refractivity contribution is 6.83. The first kappa shape index (κ1) is 16.5. The van der Waals surface area contributed by atoms with Crippen LogP contribution in [0.1, 0.15) is 39.3 Å². The summed E-state index contributed by atoms with van der Waals surface area (Å²) in [6.07, 6.45) is 0. The molecule has 0 amide bonds. The van der Waals surface area contributed by atoms with Gasteiger partial charge in [0.15, 0.2) is 0 Å². The summed E-state index contributed by atoms with van der Waals surface area (Å²) in [6.45, 7) is 6.72.